The zero-order valence-electron chi connectivity index (χ0n) is 17.6. The molecule has 1 aromatic heterocycles. The molecule has 158 valence electrons. The number of rotatable bonds is 5. The summed E-state index contributed by atoms with van der Waals surface area (Å²) in [6, 6.07) is 12.3. The predicted molar refractivity (Wildman–Crippen MR) is 131 cm³/mol. The molecule has 0 bridgehead atoms. The van der Waals surface area contributed by atoms with Crippen LogP contribution in [0.4, 0.5) is 11.5 Å². The molecule has 0 unspecified atom stereocenters. The predicted octanol–water partition coefficient (Wildman–Crippen LogP) is 2.67. The second kappa shape index (κ2) is 11.1. The highest BCUT2D eigenvalue weighted by molar-refractivity contribution is 14.0. The quantitative estimate of drug-likeness (QED) is 0.380. The normalized spacial score (nSPS) is 14.3. The lowest BCUT2D eigenvalue weighted by molar-refractivity contribution is 0.372. The Morgan fingerprint density at radius 2 is 1.83 bits per heavy atom. The van der Waals surface area contributed by atoms with Crippen molar-refractivity contribution in [3.63, 3.8) is 0 Å². The summed E-state index contributed by atoms with van der Waals surface area (Å²) in [7, 11) is 7.56. The molecule has 0 amide bonds. The second-order valence-corrected chi connectivity index (χ2v) is 6.95. The molecule has 1 aliphatic rings. The van der Waals surface area contributed by atoms with Crippen LogP contribution in [0.1, 0.15) is 5.56 Å². The second-order valence-electron chi connectivity index (χ2n) is 6.95. The Labute approximate surface area is 190 Å². The number of nitrogens with one attached hydrogen (secondary N) is 1. The van der Waals surface area contributed by atoms with E-state index in [0.29, 0.717) is 6.54 Å². The van der Waals surface area contributed by atoms with Gasteiger partial charge in [0, 0.05) is 71.3 Å². The average molecular weight is 510 g/mol. The number of ether oxygens (including phenoxy) is 1. The van der Waals surface area contributed by atoms with Crippen LogP contribution in [-0.2, 0) is 6.54 Å². The van der Waals surface area contributed by atoms with E-state index in [2.05, 4.69) is 43.3 Å². The molecule has 0 atom stereocenters. The maximum atomic E-state index is 5.25. The van der Waals surface area contributed by atoms with E-state index in [1.54, 1.807) is 7.11 Å². The van der Waals surface area contributed by atoms with Crippen LogP contribution in [0.2, 0.25) is 0 Å². The van der Waals surface area contributed by atoms with Crippen LogP contribution in [0.5, 0.6) is 5.75 Å². The molecule has 2 heterocycles. The third-order valence-electron chi connectivity index (χ3n) is 4.96. The zero-order chi connectivity index (χ0) is 19.9. The van der Waals surface area contributed by atoms with Crippen molar-refractivity contribution >= 4 is 41.4 Å². The van der Waals surface area contributed by atoms with Crippen molar-refractivity contribution in [2.45, 2.75) is 6.54 Å². The molecule has 0 spiro atoms. The molecule has 8 heteroatoms. The first-order valence-corrected chi connectivity index (χ1v) is 9.58. The molecule has 0 saturated carbocycles. The molecule has 2 aromatic rings. The first kappa shape index (κ1) is 23.1. The summed E-state index contributed by atoms with van der Waals surface area (Å²) in [6.07, 6.45) is 1.83. The van der Waals surface area contributed by atoms with Crippen LogP contribution >= 0.6 is 24.0 Å². The lowest BCUT2D eigenvalue weighted by Gasteiger charge is -2.37. The highest BCUT2D eigenvalue weighted by Gasteiger charge is 2.20. The van der Waals surface area contributed by atoms with Crippen molar-refractivity contribution < 1.29 is 4.74 Å². The summed E-state index contributed by atoms with van der Waals surface area (Å²) in [5, 5.41) is 3.49. The molecule has 3 rings (SSSR count). The Morgan fingerprint density at radius 1 is 1.14 bits per heavy atom. The summed E-state index contributed by atoms with van der Waals surface area (Å²) in [6.45, 7) is 4.48. The van der Waals surface area contributed by atoms with E-state index >= 15 is 0 Å². The Balaban J connectivity index is 0.00000300. The third-order valence-corrected chi connectivity index (χ3v) is 4.96. The average Bonchev–Trinajstić information content (AvgIpc) is 2.75. The molecular formula is C21H31IN6O. The van der Waals surface area contributed by atoms with Gasteiger partial charge in [-0.15, -0.1) is 24.0 Å². The first-order chi connectivity index (χ1) is 13.6. The maximum Gasteiger partial charge on any atom is 0.194 e. The number of hydrogen-bond acceptors (Lipinski definition) is 5. The molecule has 0 aliphatic carbocycles. The largest absolute Gasteiger partial charge is 0.497 e. The number of aromatic nitrogens is 1. The number of anilines is 2. The summed E-state index contributed by atoms with van der Waals surface area (Å²) < 4.78 is 5.25. The van der Waals surface area contributed by atoms with Gasteiger partial charge in [0.1, 0.15) is 11.6 Å². The lowest BCUT2D eigenvalue weighted by Crippen LogP contribution is -2.52. The smallest absolute Gasteiger partial charge is 0.194 e. The maximum absolute atomic E-state index is 5.25. The highest BCUT2D eigenvalue weighted by Crippen LogP contribution is 2.20. The lowest BCUT2D eigenvalue weighted by atomic mass is 10.2. The van der Waals surface area contributed by atoms with Gasteiger partial charge >= 0.3 is 0 Å². The van der Waals surface area contributed by atoms with E-state index in [9.17, 15) is 0 Å². The standard InChI is InChI=1S/C21H30N6O.HI/c1-22-21(24-16-17-6-5-11-23-20(17)25(2)3)27-14-12-26(13-15-27)18-7-9-19(28-4)10-8-18;/h5-11H,12-16H2,1-4H3,(H,22,24);1H. The van der Waals surface area contributed by atoms with Crippen molar-refractivity contribution in [2.75, 3.05) is 64.2 Å². The van der Waals surface area contributed by atoms with Gasteiger partial charge in [-0.05, 0) is 30.3 Å². The van der Waals surface area contributed by atoms with E-state index in [-0.39, 0.29) is 24.0 Å². The van der Waals surface area contributed by atoms with E-state index in [1.165, 1.54) is 5.69 Å². The number of aliphatic imine (C=N–C) groups is 1. The van der Waals surface area contributed by atoms with Crippen LogP contribution in [0.15, 0.2) is 47.6 Å². The molecule has 7 nitrogen and oxygen atoms in total. The number of pyridine rings is 1. The molecule has 1 fully saturated rings. The minimum atomic E-state index is 0. The first-order valence-electron chi connectivity index (χ1n) is 9.58. The molecular weight excluding hydrogens is 479 g/mol. The SMILES string of the molecule is CN=C(NCc1cccnc1N(C)C)N1CCN(c2ccc(OC)cc2)CC1.I. The fourth-order valence-corrected chi connectivity index (χ4v) is 3.45. The number of hydrogen-bond donors (Lipinski definition) is 1. The Morgan fingerprint density at radius 3 is 2.41 bits per heavy atom. The van der Waals surface area contributed by atoms with Crippen molar-refractivity contribution in [2.24, 2.45) is 4.99 Å². The van der Waals surface area contributed by atoms with Gasteiger partial charge < -0.3 is 24.8 Å². The fourth-order valence-electron chi connectivity index (χ4n) is 3.45. The van der Waals surface area contributed by atoms with Gasteiger partial charge in [-0.25, -0.2) is 4.98 Å². The van der Waals surface area contributed by atoms with Crippen LogP contribution in [0.3, 0.4) is 0 Å². The van der Waals surface area contributed by atoms with Gasteiger partial charge in [0.2, 0.25) is 0 Å². The van der Waals surface area contributed by atoms with E-state index in [1.807, 2.05) is 50.4 Å². The summed E-state index contributed by atoms with van der Waals surface area (Å²) >= 11 is 0. The number of halogens is 1. The summed E-state index contributed by atoms with van der Waals surface area (Å²) in [5.74, 6) is 2.80. The molecule has 1 aromatic carbocycles. The fraction of sp³-hybridized carbons (Fsp3) is 0.429. The third kappa shape index (κ3) is 5.88. The van der Waals surface area contributed by atoms with Gasteiger partial charge in [-0.2, -0.15) is 0 Å². The van der Waals surface area contributed by atoms with Crippen LogP contribution in [0.25, 0.3) is 0 Å². The van der Waals surface area contributed by atoms with Crippen molar-refractivity contribution in [3.8, 4) is 5.75 Å². The van der Waals surface area contributed by atoms with Crippen LogP contribution < -0.4 is 19.9 Å². The molecule has 1 saturated heterocycles. The number of benzene rings is 1. The van der Waals surface area contributed by atoms with E-state index < -0.39 is 0 Å². The van der Waals surface area contributed by atoms with Crippen molar-refractivity contribution in [1.29, 1.82) is 0 Å². The van der Waals surface area contributed by atoms with Crippen molar-refractivity contribution in [3.05, 3.63) is 48.2 Å². The molecule has 0 radical (unpaired) electrons. The Hall–Kier alpha value is -2.23. The van der Waals surface area contributed by atoms with E-state index in [0.717, 1.165) is 49.3 Å². The molecule has 1 aliphatic heterocycles. The minimum Gasteiger partial charge on any atom is -0.497 e. The summed E-state index contributed by atoms with van der Waals surface area (Å²) in [5.41, 5.74) is 2.39. The van der Waals surface area contributed by atoms with Gasteiger partial charge in [0.15, 0.2) is 5.96 Å². The Kier molecular flexibility index (Phi) is 8.81. The highest BCUT2D eigenvalue weighted by atomic mass is 127. The number of nitrogens with zero attached hydrogens (tertiary/aromatic N) is 5. The monoisotopic (exact) mass is 510 g/mol. The zero-order valence-corrected chi connectivity index (χ0v) is 20.0. The van der Waals surface area contributed by atoms with Crippen LogP contribution in [0, 0.1) is 0 Å². The minimum absolute atomic E-state index is 0. The van der Waals surface area contributed by atoms with Crippen LogP contribution in [-0.4, -0.2) is 70.3 Å². The Bertz CT molecular complexity index is 788. The molecule has 1 N–H and O–H groups in total. The number of methoxy groups -OCH3 is 1. The van der Waals surface area contributed by atoms with Gasteiger partial charge in [0.05, 0.1) is 7.11 Å². The van der Waals surface area contributed by atoms with Gasteiger partial charge in [-0.3, -0.25) is 4.99 Å². The number of guanidine groups is 1. The molecule has 29 heavy (non-hydrogen) atoms. The van der Waals surface area contributed by atoms with Gasteiger partial charge in [-0.1, -0.05) is 6.07 Å². The van der Waals surface area contributed by atoms with Crippen molar-refractivity contribution in [1.82, 2.24) is 15.2 Å². The topological polar surface area (TPSA) is 56.2 Å². The number of piperazine rings is 1. The van der Waals surface area contributed by atoms with E-state index in [4.69, 9.17) is 4.74 Å². The van der Waals surface area contributed by atoms with Gasteiger partial charge in [0.25, 0.3) is 0 Å². The summed E-state index contributed by atoms with van der Waals surface area (Å²) in [4.78, 5) is 15.7.